The number of hydrogen-bond acceptors (Lipinski definition) is 4. The largest absolute Gasteiger partial charge is 0.332 e. The highest BCUT2D eigenvalue weighted by atomic mass is 16.2. The van der Waals surface area contributed by atoms with E-state index >= 15 is 0 Å². The molecule has 6 nitrogen and oxygen atoms in total. The molecule has 19 heavy (non-hydrogen) atoms. The molecular formula is C13H14N4O2. The van der Waals surface area contributed by atoms with Crippen LogP contribution in [-0.4, -0.2) is 32.5 Å². The molecule has 0 saturated heterocycles. The molecule has 0 aliphatic heterocycles. The quantitative estimate of drug-likeness (QED) is 0.880. The first-order chi connectivity index (χ1) is 9.20. The van der Waals surface area contributed by atoms with E-state index in [2.05, 4.69) is 15.2 Å². The van der Waals surface area contributed by atoms with E-state index in [1.54, 1.807) is 11.1 Å². The van der Waals surface area contributed by atoms with Crippen molar-refractivity contribution < 1.29 is 4.79 Å². The molecule has 1 N–H and O–H groups in total. The van der Waals surface area contributed by atoms with Crippen molar-refractivity contribution in [2.24, 2.45) is 0 Å². The zero-order valence-electron chi connectivity index (χ0n) is 10.5. The zero-order chi connectivity index (χ0) is 13.7. The van der Waals surface area contributed by atoms with Gasteiger partial charge in [0.1, 0.15) is 5.69 Å². The van der Waals surface area contributed by atoms with Crippen LogP contribution in [0.15, 0.2) is 41.3 Å². The molecule has 0 saturated carbocycles. The summed E-state index contributed by atoms with van der Waals surface area (Å²) in [7, 11) is 0. The normalized spacial score (nSPS) is 10.2. The number of amides is 1. The first kappa shape index (κ1) is 12.9. The van der Waals surface area contributed by atoms with Crippen LogP contribution in [0.25, 0.3) is 0 Å². The zero-order valence-corrected chi connectivity index (χ0v) is 10.5. The van der Waals surface area contributed by atoms with Crippen molar-refractivity contribution >= 4 is 5.91 Å². The summed E-state index contributed by atoms with van der Waals surface area (Å²) in [5.74, 6) is -0.232. The summed E-state index contributed by atoms with van der Waals surface area (Å²) in [5.41, 5.74) is 0.698. The summed E-state index contributed by atoms with van der Waals surface area (Å²) >= 11 is 0. The van der Waals surface area contributed by atoms with E-state index in [9.17, 15) is 9.59 Å². The highest BCUT2D eigenvalue weighted by Crippen LogP contribution is 2.05. The van der Waals surface area contributed by atoms with Crippen molar-refractivity contribution in [1.29, 1.82) is 0 Å². The minimum atomic E-state index is -0.329. The van der Waals surface area contributed by atoms with Gasteiger partial charge in [0.2, 0.25) is 0 Å². The number of carbonyl (C=O) groups excluding carboxylic acids is 1. The minimum Gasteiger partial charge on any atom is -0.332 e. The lowest BCUT2D eigenvalue weighted by molar-refractivity contribution is 0.0743. The summed E-state index contributed by atoms with van der Waals surface area (Å²) in [6.07, 6.45) is 1.69. The molecule has 0 aliphatic carbocycles. The molecule has 2 heterocycles. The van der Waals surface area contributed by atoms with E-state index in [1.165, 1.54) is 12.1 Å². The summed E-state index contributed by atoms with van der Waals surface area (Å²) < 4.78 is 0. The average Bonchev–Trinajstić information content (AvgIpc) is 2.46. The predicted octanol–water partition coefficient (Wildman–Crippen LogP) is 0.827. The van der Waals surface area contributed by atoms with Crippen LogP contribution in [0.3, 0.4) is 0 Å². The number of nitrogens with zero attached hydrogens (tertiary/aromatic N) is 3. The minimum absolute atomic E-state index is 0.220. The summed E-state index contributed by atoms with van der Waals surface area (Å²) in [4.78, 5) is 28.9. The Morgan fingerprint density at radius 1 is 1.32 bits per heavy atom. The van der Waals surface area contributed by atoms with Crippen LogP contribution in [0.2, 0.25) is 0 Å². The van der Waals surface area contributed by atoms with Crippen LogP contribution in [0.1, 0.15) is 23.1 Å². The molecule has 0 bridgehead atoms. The fourth-order valence-electron chi connectivity index (χ4n) is 1.64. The fourth-order valence-corrected chi connectivity index (χ4v) is 1.64. The van der Waals surface area contributed by atoms with Gasteiger partial charge in [0.25, 0.3) is 11.5 Å². The molecule has 2 aromatic rings. The second-order valence-corrected chi connectivity index (χ2v) is 3.95. The molecule has 6 heteroatoms. The van der Waals surface area contributed by atoms with Gasteiger partial charge in [-0.25, -0.2) is 5.10 Å². The number of hydrogen-bond donors (Lipinski definition) is 1. The van der Waals surface area contributed by atoms with Crippen LogP contribution in [-0.2, 0) is 6.54 Å². The third-order valence-electron chi connectivity index (χ3n) is 2.65. The molecular weight excluding hydrogens is 244 g/mol. The fraction of sp³-hybridized carbons (Fsp3) is 0.231. The van der Waals surface area contributed by atoms with Crippen molar-refractivity contribution in [3.8, 4) is 0 Å². The third-order valence-corrected chi connectivity index (χ3v) is 2.65. The number of pyridine rings is 1. The van der Waals surface area contributed by atoms with E-state index in [-0.39, 0.29) is 17.2 Å². The predicted molar refractivity (Wildman–Crippen MR) is 69.5 cm³/mol. The molecule has 0 fully saturated rings. The number of rotatable bonds is 4. The van der Waals surface area contributed by atoms with Crippen LogP contribution in [0, 0.1) is 0 Å². The van der Waals surface area contributed by atoms with Crippen molar-refractivity contribution in [3.05, 3.63) is 58.3 Å². The first-order valence-corrected chi connectivity index (χ1v) is 5.95. The van der Waals surface area contributed by atoms with Crippen molar-refractivity contribution in [3.63, 3.8) is 0 Å². The van der Waals surface area contributed by atoms with E-state index in [0.29, 0.717) is 13.1 Å². The van der Waals surface area contributed by atoms with Gasteiger partial charge in [0.05, 0.1) is 12.2 Å². The van der Waals surface area contributed by atoms with Gasteiger partial charge in [-0.15, -0.1) is 0 Å². The molecule has 0 aromatic carbocycles. The molecule has 0 unspecified atom stereocenters. The summed E-state index contributed by atoms with van der Waals surface area (Å²) in [6, 6.07) is 8.26. The Balaban J connectivity index is 2.15. The van der Waals surface area contributed by atoms with Crippen LogP contribution < -0.4 is 5.56 Å². The maximum absolute atomic E-state index is 12.2. The van der Waals surface area contributed by atoms with Crippen LogP contribution in [0.5, 0.6) is 0 Å². The Kier molecular flexibility index (Phi) is 4.02. The van der Waals surface area contributed by atoms with Crippen LogP contribution in [0.4, 0.5) is 0 Å². The average molecular weight is 258 g/mol. The van der Waals surface area contributed by atoms with E-state index in [0.717, 1.165) is 5.69 Å². The Bertz CT molecular complexity index is 589. The van der Waals surface area contributed by atoms with Gasteiger partial charge < -0.3 is 4.90 Å². The van der Waals surface area contributed by atoms with E-state index in [1.807, 2.05) is 25.1 Å². The molecule has 98 valence electrons. The van der Waals surface area contributed by atoms with Crippen LogP contribution >= 0.6 is 0 Å². The SMILES string of the molecule is CCN(Cc1ccccn1)C(=O)c1ccc(=O)[nH]n1. The highest BCUT2D eigenvalue weighted by Gasteiger charge is 2.16. The molecule has 0 atom stereocenters. The summed E-state index contributed by atoms with van der Waals surface area (Å²) in [6.45, 7) is 2.83. The van der Waals surface area contributed by atoms with Gasteiger partial charge in [0, 0.05) is 18.8 Å². The lowest BCUT2D eigenvalue weighted by atomic mass is 10.3. The van der Waals surface area contributed by atoms with Gasteiger partial charge in [0.15, 0.2) is 0 Å². The number of H-pyrrole nitrogens is 1. The van der Waals surface area contributed by atoms with Crippen molar-refractivity contribution in [2.75, 3.05) is 6.54 Å². The van der Waals surface area contributed by atoms with Gasteiger partial charge >= 0.3 is 0 Å². The Morgan fingerprint density at radius 2 is 2.16 bits per heavy atom. The Morgan fingerprint density at radius 3 is 2.74 bits per heavy atom. The number of aromatic amines is 1. The van der Waals surface area contributed by atoms with Crippen molar-refractivity contribution in [1.82, 2.24) is 20.1 Å². The smallest absolute Gasteiger partial charge is 0.274 e. The first-order valence-electron chi connectivity index (χ1n) is 5.95. The van der Waals surface area contributed by atoms with Gasteiger partial charge in [-0.05, 0) is 25.1 Å². The molecule has 0 radical (unpaired) electrons. The lowest BCUT2D eigenvalue weighted by Gasteiger charge is -2.19. The standard InChI is InChI=1S/C13H14N4O2/c1-2-17(9-10-5-3-4-8-14-10)13(19)11-6-7-12(18)16-15-11/h3-8H,2,9H2,1H3,(H,16,18). The Hall–Kier alpha value is -2.50. The van der Waals surface area contributed by atoms with E-state index < -0.39 is 0 Å². The van der Waals surface area contributed by atoms with Gasteiger partial charge in [-0.3, -0.25) is 14.6 Å². The molecule has 0 aliphatic rings. The second-order valence-electron chi connectivity index (χ2n) is 3.95. The van der Waals surface area contributed by atoms with Gasteiger partial charge in [-0.1, -0.05) is 6.07 Å². The second kappa shape index (κ2) is 5.90. The molecule has 2 aromatic heterocycles. The Labute approximate surface area is 110 Å². The molecule has 1 amide bonds. The molecule has 0 spiro atoms. The monoisotopic (exact) mass is 258 g/mol. The van der Waals surface area contributed by atoms with Crippen molar-refractivity contribution in [2.45, 2.75) is 13.5 Å². The molecule has 2 rings (SSSR count). The number of carbonyl (C=O) groups is 1. The number of aromatic nitrogens is 3. The topological polar surface area (TPSA) is 79.0 Å². The third kappa shape index (κ3) is 3.25. The highest BCUT2D eigenvalue weighted by molar-refractivity contribution is 5.92. The van der Waals surface area contributed by atoms with E-state index in [4.69, 9.17) is 0 Å². The summed E-state index contributed by atoms with van der Waals surface area (Å²) in [5, 5.41) is 5.99. The lowest BCUT2D eigenvalue weighted by Crippen LogP contribution is -2.32. The maximum atomic E-state index is 12.2. The maximum Gasteiger partial charge on any atom is 0.274 e. The number of nitrogens with one attached hydrogen (secondary N) is 1. The van der Waals surface area contributed by atoms with Gasteiger partial charge in [-0.2, -0.15) is 5.10 Å².